The van der Waals surface area contributed by atoms with Gasteiger partial charge in [0.15, 0.2) is 0 Å². The number of hydrogen-bond donors (Lipinski definition) is 1. The van der Waals surface area contributed by atoms with E-state index in [0.29, 0.717) is 12.1 Å². The molecule has 21 heavy (non-hydrogen) atoms. The Morgan fingerprint density at radius 2 is 1.52 bits per heavy atom. The third-order valence-corrected chi connectivity index (χ3v) is 2.92. The number of carbonyl (C=O) groups is 1. The van der Waals surface area contributed by atoms with Gasteiger partial charge in [0.25, 0.3) is 5.91 Å². The molecule has 4 heteroatoms. The minimum Gasteiger partial charge on any atom is -0.348 e. The Labute approximate surface area is 122 Å². The van der Waals surface area contributed by atoms with Gasteiger partial charge in [-0.3, -0.25) is 4.79 Å². The first-order valence-electron chi connectivity index (χ1n) is 6.51. The zero-order valence-electron chi connectivity index (χ0n) is 11.6. The average Bonchev–Trinajstić information content (AvgIpc) is 2.48. The summed E-state index contributed by atoms with van der Waals surface area (Å²) in [5.74, 6) is -0.921. The highest BCUT2D eigenvalue weighted by molar-refractivity contribution is 5.94. The minimum absolute atomic E-state index is 0.262. The van der Waals surface area contributed by atoms with Crippen LogP contribution in [0.1, 0.15) is 22.8 Å². The van der Waals surface area contributed by atoms with Crippen LogP contribution in [0.25, 0.3) is 6.08 Å². The van der Waals surface area contributed by atoms with Crippen LogP contribution in [0.15, 0.2) is 54.1 Å². The van der Waals surface area contributed by atoms with Crippen molar-refractivity contribution in [2.45, 2.75) is 6.92 Å². The Hall–Kier alpha value is -2.49. The Morgan fingerprint density at radius 1 is 1.00 bits per heavy atom. The molecule has 1 N–H and O–H groups in total. The molecule has 0 aliphatic rings. The van der Waals surface area contributed by atoms with Gasteiger partial charge in [-0.1, -0.05) is 23.8 Å². The maximum absolute atomic E-state index is 12.8. The zero-order valence-corrected chi connectivity index (χ0v) is 11.6. The smallest absolute Gasteiger partial charge is 0.251 e. The first kappa shape index (κ1) is 14.9. The lowest BCUT2D eigenvalue weighted by atomic mass is 10.1. The van der Waals surface area contributed by atoms with Crippen LogP contribution in [0.2, 0.25) is 0 Å². The van der Waals surface area contributed by atoms with E-state index in [4.69, 9.17) is 0 Å². The SMILES string of the molecule is CC(=Cc1ccc(F)cc1)CNC(=O)c1ccc(F)cc1. The van der Waals surface area contributed by atoms with Crippen molar-refractivity contribution in [2.75, 3.05) is 6.54 Å². The number of carbonyl (C=O) groups excluding carboxylic acids is 1. The molecule has 0 heterocycles. The third kappa shape index (κ3) is 4.53. The third-order valence-electron chi connectivity index (χ3n) is 2.92. The van der Waals surface area contributed by atoms with Gasteiger partial charge in [0.1, 0.15) is 11.6 Å². The molecular formula is C17H15F2NO. The van der Waals surface area contributed by atoms with Crippen molar-refractivity contribution in [3.05, 3.63) is 76.9 Å². The summed E-state index contributed by atoms with van der Waals surface area (Å²) in [6, 6.07) is 11.5. The van der Waals surface area contributed by atoms with Crippen molar-refractivity contribution in [1.29, 1.82) is 0 Å². The van der Waals surface area contributed by atoms with E-state index < -0.39 is 0 Å². The zero-order chi connectivity index (χ0) is 15.2. The summed E-state index contributed by atoms with van der Waals surface area (Å²) in [4.78, 5) is 11.8. The second kappa shape index (κ2) is 6.79. The Balaban J connectivity index is 1.94. The molecule has 2 aromatic carbocycles. The average molecular weight is 287 g/mol. The second-order valence-electron chi connectivity index (χ2n) is 4.73. The topological polar surface area (TPSA) is 29.1 Å². The highest BCUT2D eigenvalue weighted by Gasteiger charge is 2.04. The first-order chi connectivity index (χ1) is 10.0. The molecule has 0 aliphatic heterocycles. The van der Waals surface area contributed by atoms with E-state index in [2.05, 4.69) is 5.32 Å². The van der Waals surface area contributed by atoms with Gasteiger partial charge in [0.05, 0.1) is 0 Å². The lowest BCUT2D eigenvalue weighted by molar-refractivity contribution is 0.0957. The molecule has 0 aliphatic carbocycles. The molecule has 0 spiro atoms. The Bertz CT molecular complexity index is 645. The van der Waals surface area contributed by atoms with Gasteiger partial charge < -0.3 is 5.32 Å². The molecule has 2 nitrogen and oxygen atoms in total. The predicted octanol–water partition coefficient (Wildman–Crippen LogP) is 3.80. The highest BCUT2D eigenvalue weighted by atomic mass is 19.1. The summed E-state index contributed by atoms with van der Waals surface area (Å²) in [5.41, 5.74) is 2.20. The molecule has 0 bridgehead atoms. The van der Waals surface area contributed by atoms with Crippen LogP contribution in [0.3, 0.4) is 0 Å². The monoisotopic (exact) mass is 287 g/mol. The largest absolute Gasteiger partial charge is 0.348 e. The van der Waals surface area contributed by atoms with Crippen molar-refractivity contribution in [2.24, 2.45) is 0 Å². The summed E-state index contributed by atoms with van der Waals surface area (Å²) < 4.78 is 25.6. The van der Waals surface area contributed by atoms with Crippen molar-refractivity contribution in [3.63, 3.8) is 0 Å². The van der Waals surface area contributed by atoms with Crippen LogP contribution in [0.5, 0.6) is 0 Å². The lowest BCUT2D eigenvalue weighted by Crippen LogP contribution is -2.24. The van der Waals surface area contributed by atoms with Gasteiger partial charge in [-0.2, -0.15) is 0 Å². The Kier molecular flexibility index (Phi) is 4.82. The van der Waals surface area contributed by atoms with Gasteiger partial charge >= 0.3 is 0 Å². The number of benzene rings is 2. The van der Waals surface area contributed by atoms with Crippen LogP contribution >= 0.6 is 0 Å². The van der Waals surface area contributed by atoms with E-state index in [1.807, 2.05) is 13.0 Å². The Morgan fingerprint density at radius 3 is 2.10 bits per heavy atom. The maximum atomic E-state index is 12.8. The minimum atomic E-state index is -0.376. The molecular weight excluding hydrogens is 272 g/mol. The molecule has 0 saturated carbocycles. The second-order valence-corrected chi connectivity index (χ2v) is 4.73. The molecule has 0 aromatic heterocycles. The van der Waals surface area contributed by atoms with Crippen LogP contribution in [0, 0.1) is 11.6 Å². The fraction of sp³-hybridized carbons (Fsp3) is 0.118. The molecule has 108 valence electrons. The quantitative estimate of drug-likeness (QED) is 0.910. The van der Waals surface area contributed by atoms with E-state index in [1.54, 1.807) is 12.1 Å². The van der Waals surface area contributed by atoms with Gasteiger partial charge in [-0.05, 0) is 48.9 Å². The van der Waals surface area contributed by atoms with E-state index in [9.17, 15) is 13.6 Å². The standard InChI is InChI=1S/C17H15F2NO/c1-12(10-13-2-6-15(18)7-3-13)11-20-17(21)14-4-8-16(19)9-5-14/h2-10H,11H2,1H3,(H,20,21). The number of nitrogens with one attached hydrogen (secondary N) is 1. The van der Waals surface area contributed by atoms with E-state index in [-0.39, 0.29) is 17.5 Å². The number of rotatable bonds is 4. The number of amides is 1. The van der Waals surface area contributed by atoms with E-state index >= 15 is 0 Å². The normalized spacial score (nSPS) is 11.3. The summed E-state index contributed by atoms with van der Waals surface area (Å²) in [6.07, 6.45) is 1.87. The van der Waals surface area contributed by atoms with E-state index in [0.717, 1.165) is 11.1 Å². The maximum Gasteiger partial charge on any atom is 0.251 e. The number of halogens is 2. The van der Waals surface area contributed by atoms with Crippen molar-refractivity contribution in [3.8, 4) is 0 Å². The van der Waals surface area contributed by atoms with E-state index in [1.165, 1.54) is 36.4 Å². The first-order valence-corrected chi connectivity index (χ1v) is 6.51. The van der Waals surface area contributed by atoms with Crippen molar-refractivity contribution >= 4 is 12.0 Å². The van der Waals surface area contributed by atoms with Crippen LogP contribution in [0.4, 0.5) is 8.78 Å². The summed E-state index contributed by atoms with van der Waals surface area (Å²) in [5, 5.41) is 2.75. The van der Waals surface area contributed by atoms with Crippen molar-refractivity contribution < 1.29 is 13.6 Å². The summed E-state index contributed by atoms with van der Waals surface area (Å²) >= 11 is 0. The molecule has 1 amide bonds. The molecule has 2 rings (SSSR count). The van der Waals surface area contributed by atoms with Crippen LogP contribution in [-0.2, 0) is 0 Å². The predicted molar refractivity (Wildman–Crippen MR) is 78.8 cm³/mol. The van der Waals surface area contributed by atoms with Gasteiger partial charge in [-0.25, -0.2) is 8.78 Å². The fourth-order valence-electron chi connectivity index (χ4n) is 1.82. The fourth-order valence-corrected chi connectivity index (χ4v) is 1.82. The highest BCUT2D eigenvalue weighted by Crippen LogP contribution is 2.08. The van der Waals surface area contributed by atoms with Gasteiger partial charge in [0, 0.05) is 12.1 Å². The molecule has 0 atom stereocenters. The molecule has 2 aromatic rings. The molecule has 0 radical (unpaired) electrons. The van der Waals surface area contributed by atoms with Crippen LogP contribution in [-0.4, -0.2) is 12.5 Å². The number of hydrogen-bond acceptors (Lipinski definition) is 1. The van der Waals surface area contributed by atoms with Gasteiger partial charge in [0.2, 0.25) is 0 Å². The van der Waals surface area contributed by atoms with Crippen molar-refractivity contribution in [1.82, 2.24) is 5.32 Å². The summed E-state index contributed by atoms with van der Waals surface area (Å²) in [6.45, 7) is 2.24. The molecule has 0 saturated heterocycles. The molecule has 0 fully saturated rings. The summed E-state index contributed by atoms with van der Waals surface area (Å²) in [7, 11) is 0. The van der Waals surface area contributed by atoms with Crippen LogP contribution < -0.4 is 5.32 Å². The van der Waals surface area contributed by atoms with Gasteiger partial charge in [-0.15, -0.1) is 0 Å². The lowest BCUT2D eigenvalue weighted by Gasteiger charge is -2.06. The molecule has 0 unspecified atom stereocenters.